The zero-order valence-corrected chi connectivity index (χ0v) is 26.3. The zero-order chi connectivity index (χ0) is 29.8. The minimum atomic E-state index is -0.642. The van der Waals surface area contributed by atoms with Crippen molar-refractivity contribution in [2.45, 2.75) is 78.6 Å². The van der Waals surface area contributed by atoms with Crippen molar-refractivity contribution in [2.24, 2.45) is 0 Å². The summed E-state index contributed by atoms with van der Waals surface area (Å²) in [7, 11) is 3.10. The lowest BCUT2D eigenvalue weighted by Crippen LogP contribution is -2.35. The molecule has 0 atom stereocenters. The van der Waals surface area contributed by atoms with Gasteiger partial charge < -0.3 is 24.0 Å². The van der Waals surface area contributed by atoms with Crippen molar-refractivity contribution in [3.05, 3.63) is 56.7 Å². The van der Waals surface area contributed by atoms with E-state index in [2.05, 4.69) is 27.0 Å². The lowest BCUT2D eigenvalue weighted by Gasteiger charge is -2.32. The smallest absolute Gasteiger partial charge is 0.410 e. The van der Waals surface area contributed by atoms with E-state index in [1.54, 1.807) is 18.0 Å². The number of carbonyl (C=O) groups excluding carboxylic acids is 3. The summed E-state index contributed by atoms with van der Waals surface area (Å²) < 4.78 is 16.6. The van der Waals surface area contributed by atoms with Gasteiger partial charge in [0, 0.05) is 26.7 Å². The molecule has 218 valence electrons. The Morgan fingerprint density at radius 2 is 1.70 bits per heavy atom. The van der Waals surface area contributed by atoms with Gasteiger partial charge in [0.05, 0.1) is 17.1 Å². The summed E-state index contributed by atoms with van der Waals surface area (Å²) in [5.41, 5.74) is 2.52. The van der Waals surface area contributed by atoms with Crippen molar-refractivity contribution in [1.82, 2.24) is 9.88 Å². The van der Waals surface area contributed by atoms with E-state index < -0.39 is 23.1 Å². The van der Waals surface area contributed by atoms with Crippen LogP contribution in [0.15, 0.2) is 28.7 Å². The van der Waals surface area contributed by atoms with Crippen LogP contribution in [-0.2, 0) is 33.6 Å². The third-order valence-electron chi connectivity index (χ3n) is 6.22. The lowest BCUT2D eigenvalue weighted by atomic mass is 9.91. The summed E-state index contributed by atoms with van der Waals surface area (Å²) in [6.45, 7) is 12.6. The first kappa shape index (κ1) is 31.4. The van der Waals surface area contributed by atoms with Crippen LogP contribution in [0.1, 0.15) is 85.5 Å². The van der Waals surface area contributed by atoms with E-state index in [4.69, 9.17) is 14.2 Å². The molecule has 0 fully saturated rings. The number of anilines is 1. The molecule has 0 N–H and O–H groups in total. The molecular weight excluding hydrogens is 578 g/mol. The molecule has 1 aromatic carbocycles. The van der Waals surface area contributed by atoms with Gasteiger partial charge >= 0.3 is 18.0 Å². The third-order valence-corrected chi connectivity index (χ3v) is 6.86. The highest BCUT2D eigenvalue weighted by Gasteiger charge is 2.27. The molecular formula is C30H40BrN3O6. The van der Waals surface area contributed by atoms with E-state index >= 15 is 0 Å². The van der Waals surface area contributed by atoms with Crippen LogP contribution in [0.2, 0.25) is 0 Å². The zero-order valence-electron chi connectivity index (χ0n) is 24.7. The normalized spacial score (nSPS) is 13.4. The second-order valence-corrected chi connectivity index (χ2v) is 12.8. The molecule has 0 saturated heterocycles. The van der Waals surface area contributed by atoms with Gasteiger partial charge in [0.2, 0.25) is 0 Å². The number of aromatic nitrogens is 1. The maximum absolute atomic E-state index is 12.8. The van der Waals surface area contributed by atoms with Gasteiger partial charge in [-0.25, -0.2) is 19.4 Å². The van der Waals surface area contributed by atoms with E-state index in [0.29, 0.717) is 48.3 Å². The Balaban J connectivity index is 1.79. The molecule has 2 heterocycles. The van der Waals surface area contributed by atoms with Crippen LogP contribution in [-0.4, -0.2) is 66.4 Å². The lowest BCUT2D eigenvalue weighted by molar-refractivity contribution is 0.00610. The van der Waals surface area contributed by atoms with Crippen molar-refractivity contribution in [1.29, 1.82) is 0 Å². The SMILES string of the molecule is COC(=O)c1cc(CCCN(C)C(=O)OC(C)(C)C)cc2c1CN(c1ccc(Br)c(C(=O)OC(C)(C)C)n1)CC2. The second-order valence-electron chi connectivity index (χ2n) is 12.0. The number of carbonyl (C=O) groups is 3. The predicted octanol–water partition coefficient (Wildman–Crippen LogP) is 5.95. The molecule has 3 rings (SSSR count). The minimum absolute atomic E-state index is 0.207. The molecule has 0 unspecified atom stereocenters. The Kier molecular flexibility index (Phi) is 9.87. The fourth-order valence-corrected chi connectivity index (χ4v) is 4.78. The summed E-state index contributed by atoms with van der Waals surface area (Å²) in [4.78, 5) is 46.0. The van der Waals surface area contributed by atoms with Gasteiger partial charge in [0.1, 0.15) is 17.0 Å². The molecule has 1 aliphatic rings. The number of hydrogen-bond donors (Lipinski definition) is 0. The predicted molar refractivity (Wildman–Crippen MR) is 157 cm³/mol. The van der Waals surface area contributed by atoms with Crippen molar-refractivity contribution < 1.29 is 28.6 Å². The highest BCUT2D eigenvalue weighted by Crippen LogP contribution is 2.30. The maximum atomic E-state index is 12.8. The molecule has 40 heavy (non-hydrogen) atoms. The summed E-state index contributed by atoms with van der Waals surface area (Å²) in [5.74, 6) is -0.278. The number of pyridine rings is 1. The number of methoxy groups -OCH3 is 1. The monoisotopic (exact) mass is 617 g/mol. The number of esters is 2. The van der Waals surface area contributed by atoms with Crippen LogP contribution < -0.4 is 4.90 Å². The first-order chi connectivity index (χ1) is 18.6. The van der Waals surface area contributed by atoms with Crippen molar-refractivity contribution in [3.8, 4) is 0 Å². The number of ether oxygens (including phenoxy) is 3. The number of nitrogens with zero attached hydrogens (tertiary/aromatic N) is 3. The summed E-state index contributed by atoms with van der Waals surface area (Å²) in [6, 6.07) is 7.64. The number of halogens is 1. The maximum Gasteiger partial charge on any atom is 0.410 e. The van der Waals surface area contributed by atoms with Crippen LogP contribution in [0.4, 0.5) is 10.6 Å². The Hall–Kier alpha value is -3.14. The van der Waals surface area contributed by atoms with Crippen molar-refractivity contribution in [2.75, 3.05) is 32.1 Å². The van der Waals surface area contributed by atoms with E-state index in [9.17, 15) is 14.4 Å². The topological polar surface area (TPSA) is 98.3 Å². The molecule has 1 aliphatic heterocycles. The van der Waals surface area contributed by atoms with Gasteiger partial charge in [-0.1, -0.05) is 6.07 Å². The number of hydrogen-bond acceptors (Lipinski definition) is 8. The van der Waals surface area contributed by atoms with Crippen molar-refractivity contribution in [3.63, 3.8) is 0 Å². The van der Waals surface area contributed by atoms with Crippen LogP contribution in [0.5, 0.6) is 0 Å². The highest BCUT2D eigenvalue weighted by molar-refractivity contribution is 9.10. The number of fused-ring (bicyclic) bond motifs is 1. The molecule has 0 radical (unpaired) electrons. The number of benzene rings is 1. The van der Waals surface area contributed by atoms with Crippen molar-refractivity contribution >= 4 is 39.8 Å². The molecule has 2 aromatic rings. The van der Waals surface area contributed by atoms with Crippen LogP contribution in [0.25, 0.3) is 0 Å². The molecule has 0 bridgehead atoms. The molecule has 1 aromatic heterocycles. The van der Waals surface area contributed by atoms with Gasteiger partial charge in [0.25, 0.3) is 0 Å². The highest BCUT2D eigenvalue weighted by atomic mass is 79.9. The fourth-order valence-electron chi connectivity index (χ4n) is 4.39. The number of rotatable bonds is 7. The largest absolute Gasteiger partial charge is 0.465 e. The molecule has 0 aliphatic carbocycles. The summed E-state index contributed by atoms with van der Waals surface area (Å²) in [6.07, 6.45) is 1.76. The van der Waals surface area contributed by atoms with E-state index in [0.717, 1.165) is 23.1 Å². The van der Waals surface area contributed by atoms with Crippen LogP contribution in [0, 0.1) is 0 Å². The van der Waals surface area contributed by atoms with E-state index in [1.165, 1.54) is 7.11 Å². The van der Waals surface area contributed by atoms with Gasteiger partial charge in [-0.05, 0) is 112 Å². The average Bonchev–Trinajstić information content (AvgIpc) is 2.85. The molecule has 9 nitrogen and oxygen atoms in total. The van der Waals surface area contributed by atoms with E-state index in [1.807, 2.05) is 58.6 Å². The fraction of sp³-hybridized carbons (Fsp3) is 0.533. The second kappa shape index (κ2) is 12.6. The number of aryl methyl sites for hydroxylation is 1. The molecule has 0 saturated carbocycles. The minimum Gasteiger partial charge on any atom is -0.465 e. The Labute approximate surface area is 245 Å². The first-order valence-corrected chi connectivity index (χ1v) is 14.2. The van der Waals surface area contributed by atoms with Crippen LogP contribution >= 0.6 is 15.9 Å². The summed E-state index contributed by atoms with van der Waals surface area (Å²) >= 11 is 3.41. The Bertz CT molecular complexity index is 1270. The molecule has 10 heteroatoms. The quantitative estimate of drug-likeness (QED) is 0.278. The van der Waals surface area contributed by atoms with Gasteiger partial charge in [-0.2, -0.15) is 0 Å². The van der Waals surface area contributed by atoms with E-state index in [-0.39, 0.29) is 11.8 Å². The Morgan fingerprint density at radius 1 is 1.02 bits per heavy atom. The van der Waals surface area contributed by atoms with Gasteiger partial charge in [-0.3, -0.25) is 0 Å². The van der Waals surface area contributed by atoms with Gasteiger partial charge in [-0.15, -0.1) is 0 Å². The third kappa shape index (κ3) is 8.43. The number of amides is 1. The Morgan fingerprint density at radius 3 is 2.33 bits per heavy atom. The van der Waals surface area contributed by atoms with Crippen LogP contribution in [0.3, 0.4) is 0 Å². The van der Waals surface area contributed by atoms with Gasteiger partial charge in [0.15, 0.2) is 5.69 Å². The molecule has 0 spiro atoms. The first-order valence-electron chi connectivity index (χ1n) is 13.4. The summed E-state index contributed by atoms with van der Waals surface area (Å²) in [5, 5.41) is 0. The average molecular weight is 619 g/mol. The standard InChI is InChI=1S/C30H40BrN3O6/c1-29(2,3)39-27(36)25-23(31)11-12-24(32-25)34-15-13-20-16-19(17-21(22(20)18-34)26(35)38-8)10-9-14-33(7)28(37)40-30(4,5)6/h11-12,16-17H,9-10,13-15,18H2,1-8H3. The molecule has 1 amide bonds.